The summed E-state index contributed by atoms with van der Waals surface area (Å²) in [6.07, 6.45) is -4.18. The van der Waals surface area contributed by atoms with Crippen molar-refractivity contribution in [3.05, 3.63) is 111 Å². The first-order valence-corrected chi connectivity index (χ1v) is 28.4. The minimum atomic E-state index is -5.01. The normalized spacial score (nSPS) is 19.1. The molecule has 5 aromatic rings. The molecule has 25 heteroatoms. The number of aryl methyl sites for hydroxylation is 1. The zero-order valence-corrected chi connectivity index (χ0v) is 48.2. The number of benzene rings is 2. The van der Waals surface area contributed by atoms with E-state index in [9.17, 15) is 51.8 Å². The number of amides is 6. The predicted molar refractivity (Wildman–Crippen MR) is 306 cm³/mol. The standard InChI is InChI=1S/C58H70F4N12O8S/c1-33-29-73(30-34(2)70(33)7)45-25-43(59)40(23-44(45)68-54(80)41-28-65-50(78)24-42(41)58(60,61)62)38-12-13-47(64-27-38)71-18-20-72(21-19-71)51(79)15-14-48(76)63-17-16-49(77)69-53(57(4,5)6)56(82)74-31-39(75)22-46(74)55(81)66-26-36-8-10-37(11-9-36)52-35(3)67-32-83-52/h8-13,23-25,27-28,32-34,39,46,53,75H,14-22,26,29-31H2,1-7H3,(H,63,76)(H,65,78)(H,66,81)(H,68,80)(H,69,77)/t33-,34+,39-,46+,53?/m1/s1. The van der Waals surface area contributed by atoms with Crippen LogP contribution < -0.4 is 36.6 Å². The maximum atomic E-state index is 16.2. The predicted octanol–water partition coefficient (Wildman–Crippen LogP) is 5.55. The lowest BCUT2D eigenvalue weighted by atomic mass is 9.85. The van der Waals surface area contributed by atoms with Gasteiger partial charge in [-0.05, 0) is 68.6 Å². The molecule has 6 N–H and O–H groups in total. The van der Waals surface area contributed by atoms with Gasteiger partial charge in [-0.2, -0.15) is 13.2 Å². The summed E-state index contributed by atoms with van der Waals surface area (Å²) in [7, 11) is 1.96. The molecule has 20 nitrogen and oxygen atoms in total. The van der Waals surface area contributed by atoms with Crippen molar-refractivity contribution in [1.82, 2.24) is 45.6 Å². The monoisotopic (exact) mass is 1170 g/mol. The highest BCUT2D eigenvalue weighted by molar-refractivity contribution is 7.13. The van der Waals surface area contributed by atoms with Gasteiger partial charge in [0.25, 0.3) is 5.91 Å². The molecule has 444 valence electrons. The van der Waals surface area contributed by atoms with Crippen LogP contribution in [-0.4, -0.2) is 160 Å². The average molecular weight is 1170 g/mol. The van der Waals surface area contributed by atoms with Crippen molar-refractivity contribution < 1.29 is 51.4 Å². The van der Waals surface area contributed by atoms with Crippen LogP contribution in [0.2, 0.25) is 0 Å². The molecule has 83 heavy (non-hydrogen) atoms. The highest BCUT2D eigenvalue weighted by Crippen LogP contribution is 2.38. The lowest BCUT2D eigenvalue weighted by Crippen LogP contribution is -2.57. The molecule has 6 heterocycles. The Labute approximate surface area is 482 Å². The lowest BCUT2D eigenvalue weighted by Gasteiger charge is -2.44. The van der Waals surface area contributed by atoms with Crippen LogP contribution in [0.4, 0.5) is 34.8 Å². The Kier molecular flexibility index (Phi) is 19.1. The highest BCUT2D eigenvalue weighted by atomic mass is 32.1. The first kappa shape index (κ1) is 61.3. The summed E-state index contributed by atoms with van der Waals surface area (Å²) in [5, 5.41) is 21.5. The zero-order valence-electron chi connectivity index (χ0n) is 47.4. The number of alkyl halides is 3. The molecule has 3 aliphatic heterocycles. The number of pyridine rings is 2. The molecule has 3 aromatic heterocycles. The van der Waals surface area contributed by atoms with Gasteiger partial charge in [0.15, 0.2) is 0 Å². The number of aliphatic hydroxyl groups is 1. The summed E-state index contributed by atoms with van der Waals surface area (Å²) >= 11 is 1.54. The number of aromatic amines is 1. The number of thiazole rings is 1. The van der Waals surface area contributed by atoms with Crippen molar-refractivity contribution in [3.63, 3.8) is 0 Å². The largest absolute Gasteiger partial charge is 0.417 e. The van der Waals surface area contributed by atoms with E-state index in [2.05, 4.69) is 41.1 Å². The number of H-pyrrole nitrogens is 1. The summed E-state index contributed by atoms with van der Waals surface area (Å²) < 4.78 is 58.2. The molecule has 2 aromatic carbocycles. The maximum absolute atomic E-state index is 16.2. The zero-order chi connectivity index (χ0) is 60.1. The number of halogens is 4. The molecular formula is C58H70F4N12O8S. The number of likely N-dealkylation sites (N-methyl/N-ethyl adjacent to an activating group) is 1. The number of piperazine rings is 2. The number of nitrogens with zero attached hydrogens (tertiary/aromatic N) is 7. The number of aromatic nitrogens is 3. The van der Waals surface area contributed by atoms with Crippen molar-refractivity contribution in [2.75, 3.05) is 74.5 Å². The molecule has 0 aliphatic carbocycles. The molecule has 0 radical (unpaired) electrons. The van der Waals surface area contributed by atoms with Crippen molar-refractivity contribution in [2.24, 2.45) is 5.41 Å². The molecule has 5 atom stereocenters. The molecular weight excluding hydrogens is 1100 g/mol. The minimum Gasteiger partial charge on any atom is -0.391 e. The van der Waals surface area contributed by atoms with Gasteiger partial charge in [-0.3, -0.25) is 38.5 Å². The maximum Gasteiger partial charge on any atom is 0.417 e. The summed E-state index contributed by atoms with van der Waals surface area (Å²) in [5.41, 5.74) is 1.17. The molecule has 3 fully saturated rings. The quantitative estimate of drug-likeness (QED) is 0.0627. The second-order valence-corrected chi connectivity index (χ2v) is 23.4. The van der Waals surface area contributed by atoms with Crippen LogP contribution in [0, 0.1) is 18.2 Å². The molecule has 3 aliphatic rings. The molecule has 0 bridgehead atoms. The van der Waals surface area contributed by atoms with Gasteiger partial charge in [0, 0.05) is 126 Å². The van der Waals surface area contributed by atoms with Crippen LogP contribution in [-0.2, 0) is 36.7 Å². The first-order chi connectivity index (χ1) is 39.2. The van der Waals surface area contributed by atoms with E-state index in [0.29, 0.717) is 62.9 Å². The summed E-state index contributed by atoms with van der Waals surface area (Å²) in [5.74, 6) is -3.45. The fourth-order valence-corrected chi connectivity index (χ4v) is 11.4. The van der Waals surface area contributed by atoms with Gasteiger partial charge in [0.05, 0.1) is 44.7 Å². The number of carbonyl (C=O) groups is 6. The van der Waals surface area contributed by atoms with Gasteiger partial charge in [0.2, 0.25) is 35.1 Å². The Bertz CT molecular complexity index is 3240. The van der Waals surface area contributed by atoms with Crippen LogP contribution in [0.15, 0.2) is 77.3 Å². The number of aliphatic hydroxyl groups excluding tert-OH is 1. The van der Waals surface area contributed by atoms with E-state index in [0.717, 1.165) is 21.7 Å². The van der Waals surface area contributed by atoms with E-state index in [4.69, 9.17) is 0 Å². The van der Waals surface area contributed by atoms with Gasteiger partial charge in [-0.15, -0.1) is 11.3 Å². The van der Waals surface area contributed by atoms with E-state index in [1.807, 2.05) is 61.9 Å². The number of carbonyl (C=O) groups excluding carboxylic acids is 6. The van der Waals surface area contributed by atoms with Crippen molar-refractivity contribution in [3.8, 4) is 21.6 Å². The van der Waals surface area contributed by atoms with E-state index < -0.39 is 81.8 Å². The topological polar surface area (TPSA) is 246 Å². The van der Waals surface area contributed by atoms with Gasteiger partial charge >= 0.3 is 6.18 Å². The van der Waals surface area contributed by atoms with Gasteiger partial charge in [-0.1, -0.05) is 45.0 Å². The number of hydrogen-bond acceptors (Lipinski definition) is 14. The molecule has 6 amide bonds. The molecule has 1 unspecified atom stereocenters. The van der Waals surface area contributed by atoms with Crippen LogP contribution in [0.3, 0.4) is 0 Å². The fraction of sp³-hybridized carbons (Fsp3) is 0.466. The summed E-state index contributed by atoms with van der Waals surface area (Å²) in [6, 6.07) is 11.9. The Balaban J connectivity index is 0.802. The number of β-amino-alcohol motifs (C(OH)–C–C–N with tert-alkyl or cyclic N) is 1. The van der Waals surface area contributed by atoms with Gasteiger partial charge in [-0.25, -0.2) is 14.4 Å². The smallest absolute Gasteiger partial charge is 0.391 e. The van der Waals surface area contributed by atoms with Crippen LogP contribution in [0.5, 0.6) is 0 Å². The summed E-state index contributed by atoms with van der Waals surface area (Å²) in [4.78, 5) is 113. The minimum absolute atomic E-state index is 0.0127. The van der Waals surface area contributed by atoms with E-state index in [1.54, 1.807) is 54.7 Å². The fourth-order valence-electron chi connectivity index (χ4n) is 10.5. The number of anilines is 3. The Hall–Kier alpha value is -7.77. The Morgan fingerprint density at radius 1 is 0.843 bits per heavy atom. The van der Waals surface area contributed by atoms with Gasteiger partial charge < -0.3 is 51.0 Å². The number of nitrogens with one attached hydrogen (secondary N) is 5. The highest BCUT2D eigenvalue weighted by Gasteiger charge is 2.45. The third-order valence-electron chi connectivity index (χ3n) is 15.5. The second kappa shape index (κ2) is 25.8. The molecule has 0 saturated carbocycles. The van der Waals surface area contributed by atoms with E-state index in [-0.39, 0.29) is 80.2 Å². The van der Waals surface area contributed by atoms with E-state index >= 15 is 4.39 Å². The molecule has 8 rings (SSSR count). The van der Waals surface area contributed by atoms with Crippen molar-refractivity contribution in [1.29, 1.82) is 0 Å². The van der Waals surface area contributed by atoms with Crippen LogP contribution in [0.1, 0.15) is 87.5 Å². The number of hydrogen-bond donors (Lipinski definition) is 6. The van der Waals surface area contributed by atoms with Crippen LogP contribution >= 0.6 is 11.3 Å². The molecule has 0 spiro atoms. The second-order valence-electron chi connectivity index (χ2n) is 22.5. The first-order valence-electron chi connectivity index (χ1n) is 27.5. The Morgan fingerprint density at radius 2 is 1.53 bits per heavy atom. The lowest BCUT2D eigenvalue weighted by molar-refractivity contribution is -0.144. The van der Waals surface area contributed by atoms with Gasteiger partial charge in [0.1, 0.15) is 23.7 Å². The van der Waals surface area contributed by atoms with Crippen LogP contribution in [0.25, 0.3) is 21.6 Å². The third kappa shape index (κ3) is 14.9. The van der Waals surface area contributed by atoms with Crippen molar-refractivity contribution >= 4 is 64.0 Å². The number of likely N-dealkylation sites (tertiary alicyclic amines) is 1. The summed E-state index contributed by atoms with van der Waals surface area (Å²) in [6.45, 7) is 13.5. The molecule has 3 saturated heterocycles. The SMILES string of the molecule is Cc1ncsc1-c1ccc(CNC(=O)[C@@H]2C[C@@H](O)CN2C(=O)C(NC(=O)CCNC(=O)CCC(=O)N2CCN(c3ccc(-c4cc(NC(=O)c5c[nH]c(=O)cc5C(F)(F)F)c(N5C[C@@H](C)N(C)[C@@H](C)C5)cc4F)cn3)CC2)C(C)(C)C)cc1. The average Bonchev–Trinajstić information content (AvgIpc) is 3.81. The van der Waals surface area contributed by atoms with Crippen molar-refractivity contribution in [2.45, 2.75) is 110 Å². The third-order valence-corrected chi connectivity index (χ3v) is 16.5. The number of rotatable bonds is 17. The Morgan fingerprint density at radius 3 is 2.16 bits per heavy atom. The van der Waals surface area contributed by atoms with E-state index in [1.165, 1.54) is 23.2 Å².